The molecule has 0 aliphatic heterocycles. The van der Waals surface area contributed by atoms with E-state index in [0.717, 1.165) is 33.0 Å². The van der Waals surface area contributed by atoms with Crippen LogP contribution in [0.5, 0.6) is 5.75 Å². The molecule has 164 valence electrons. The summed E-state index contributed by atoms with van der Waals surface area (Å²) in [4.78, 5) is 12.9. The van der Waals surface area contributed by atoms with Crippen LogP contribution in [-0.2, 0) is 14.8 Å². The second kappa shape index (κ2) is 9.03. The van der Waals surface area contributed by atoms with Gasteiger partial charge < -0.3 is 4.74 Å². The summed E-state index contributed by atoms with van der Waals surface area (Å²) >= 11 is 1.20. The average molecular weight is 461 g/mol. The van der Waals surface area contributed by atoms with Crippen LogP contribution in [0.1, 0.15) is 18.1 Å². The quantitative estimate of drug-likeness (QED) is 0.578. The Hall–Kier alpha value is -2.98. The van der Waals surface area contributed by atoms with Gasteiger partial charge in [-0.05, 0) is 68.3 Å². The molecule has 2 aromatic carbocycles. The zero-order chi connectivity index (χ0) is 22.8. The Morgan fingerprint density at radius 2 is 1.71 bits per heavy atom. The van der Waals surface area contributed by atoms with Crippen molar-refractivity contribution in [3.8, 4) is 16.3 Å². The molecule has 1 amide bonds. The number of methoxy groups -OCH3 is 1. The fraction of sp³-hybridized carbons (Fsp3) is 0.286. The van der Waals surface area contributed by atoms with Gasteiger partial charge in [0.2, 0.25) is 21.1 Å². The molecule has 3 rings (SSSR count). The molecular weight excluding hydrogens is 436 g/mol. The van der Waals surface area contributed by atoms with Crippen molar-refractivity contribution in [2.24, 2.45) is 0 Å². The van der Waals surface area contributed by atoms with Crippen LogP contribution < -0.4 is 14.4 Å². The summed E-state index contributed by atoms with van der Waals surface area (Å²) in [5.41, 5.74) is 3.09. The molecule has 3 aromatic rings. The van der Waals surface area contributed by atoms with Crippen LogP contribution in [0.2, 0.25) is 0 Å². The molecule has 0 spiro atoms. The normalized spacial score (nSPS) is 12.3. The van der Waals surface area contributed by atoms with Crippen LogP contribution in [0.25, 0.3) is 10.6 Å². The number of nitrogens with one attached hydrogen (secondary N) is 1. The van der Waals surface area contributed by atoms with Crippen LogP contribution in [0.3, 0.4) is 0 Å². The molecule has 0 unspecified atom stereocenters. The summed E-state index contributed by atoms with van der Waals surface area (Å²) in [6.45, 7) is 5.30. The van der Waals surface area contributed by atoms with Gasteiger partial charge in [-0.2, -0.15) is 0 Å². The molecule has 0 saturated carbocycles. The standard InChI is InChI=1S/C21H24N4O4S2/c1-13-10-14(2)12-17(11-13)25(31(5,27)28)15(3)19(26)22-21-24-23-20(30-21)16-6-8-18(29-4)9-7-16/h6-12,15H,1-5H3,(H,22,24,26)/t15-/m0/s1. The van der Waals surface area contributed by atoms with E-state index in [1.54, 1.807) is 26.2 Å². The molecule has 1 aromatic heterocycles. The van der Waals surface area contributed by atoms with Crippen molar-refractivity contribution in [1.29, 1.82) is 0 Å². The van der Waals surface area contributed by atoms with E-state index in [9.17, 15) is 13.2 Å². The lowest BCUT2D eigenvalue weighted by Gasteiger charge is -2.28. The number of nitrogens with zero attached hydrogens (tertiary/aromatic N) is 3. The first kappa shape index (κ1) is 22.7. The highest BCUT2D eigenvalue weighted by atomic mass is 32.2. The third-order valence-corrected chi connectivity index (χ3v) is 6.67. The molecule has 31 heavy (non-hydrogen) atoms. The zero-order valence-corrected chi connectivity index (χ0v) is 19.5. The van der Waals surface area contributed by atoms with Gasteiger partial charge >= 0.3 is 0 Å². The molecule has 0 fully saturated rings. The first-order valence-electron chi connectivity index (χ1n) is 9.45. The van der Waals surface area contributed by atoms with Crippen molar-refractivity contribution < 1.29 is 17.9 Å². The molecule has 8 nitrogen and oxygen atoms in total. The summed E-state index contributed by atoms with van der Waals surface area (Å²) in [7, 11) is -2.11. The lowest BCUT2D eigenvalue weighted by Crippen LogP contribution is -2.45. The Kier molecular flexibility index (Phi) is 6.61. The Morgan fingerprint density at radius 1 is 1.10 bits per heavy atom. The van der Waals surface area contributed by atoms with E-state index in [1.807, 2.05) is 44.2 Å². The van der Waals surface area contributed by atoms with E-state index in [1.165, 1.54) is 11.3 Å². The molecule has 0 aliphatic rings. The van der Waals surface area contributed by atoms with Crippen molar-refractivity contribution in [1.82, 2.24) is 10.2 Å². The fourth-order valence-corrected chi connectivity index (χ4v) is 5.13. The highest BCUT2D eigenvalue weighted by Crippen LogP contribution is 2.29. The van der Waals surface area contributed by atoms with E-state index < -0.39 is 22.0 Å². The lowest BCUT2D eigenvalue weighted by molar-refractivity contribution is -0.116. The van der Waals surface area contributed by atoms with Crippen LogP contribution in [-0.4, -0.2) is 43.9 Å². The van der Waals surface area contributed by atoms with Crippen molar-refractivity contribution in [3.63, 3.8) is 0 Å². The average Bonchev–Trinajstić information content (AvgIpc) is 3.14. The largest absolute Gasteiger partial charge is 0.497 e. The molecule has 1 atom stereocenters. The number of aryl methyl sites for hydroxylation is 2. The first-order chi connectivity index (χ1) is 14.6. The van der Waals surface area contributed by atoms with E-state index in [0.29, 0.717) is 10.7 Å². The Bertz CT molecular complexity index is 1170. The molecular formula is C21H24N4O4S2. The van der Waals surface area contributed by atoms with Gasteiger partial charge in [-0.1, -0.05) is 17.4 Å². The maximum Gasteiger partial charge on any atom is 0.249 e. The highest BCUT2D eigenvalue weighted by molar-refractivity contribution is 7.92. The Balaban J connectivity index is 1.82. The summed E-state index contributed by atoms with van der Waals surface area (Å²) in [6.07, 6.45) is 1.08. The van der Waals surface area contributed by atoms with Gasteiger partial charge in [0, 0.05) is 5.56 Å². The van der Waals surface area contributed by atoms with Crippen LogP contribution >= 0.6 is 11.3 Å². The second-order valence-corrected chi connectivity index (χ2v) is 10.0. The number of hydrogen-bond donors (Lipinski definition) is 1. The van der Waals surface area contributed by atoms with Crippen molar-refractivity contribution in [2.75, 3.05) is 23.0 Å². The summed E-state index contributed by atoms with van der Waals surface area (Å²) < 4.78 is 31.3. The molecule has 0 bridgehead atoms. The van der Waals surface area contributed by atoms with Gasteiger partial charge in [-0.25, -0.2) is 8.42 Å². The number of sulfonamides is 1. The number of anilines is 2. The van der Waals surface area contributed by atoms with Crippen LogP contribution in [0.4, 0.5) is 10.8 Å². The van der Waals surface area contributed by atoms with Gasteiger partial charge in [0.15, 0.2) is 0 Å². The van der Waals surface area contributed by atoms with E-state index in [2.05, 4.69) is 15.5 Å². The van der Waals surface area contributed by atoms with Gasteiger partial charge in [0.05, 0.1) is 19.1 Å². The number of benzene rings is 2. The van der Waals surface area contributed by atoms with Crippen molar-refractivity contribution in [3.05, 3.63) is 53.6 Å². The van der Waals surface area contributed by atoms with E-state index in [-0.39, 0.29) is 5.13 Å². The molecule has 1 N–H and O–H groups in total. The first-order valence-corrected chi connectivity index (χ1v) is 12.1. The third-order valence-electron chi connectivity index (χ3n) is 4.54. The SMILES string of the molecule is COc1ccc(-c2nnc(NC(=O)[C@H](C)N(c3cc(C)cc(C)c3)S(C)(=O)=O)s2)cc1. The number of hydrogen-bond acceptors (Lipinski definition) is 7. The smallest absolute Gasteiger partial charge is 0.249 e. The van der Waals surface area contributed by atoms with Crippen LogP contribution in [0.15, 0.2) is 42.5 Å². The van der Waals surface area contributed by atoms with Gasteiger partial charge in [0.25, 0.3) is 0 Å². The number of amides is 1. The zero-order valence-electron chi connectivity index (χ0n) is 17.9. The van der Waals surface area contributed by atoms with Crippen molar-refractivity contribution >= 4 is 38.1 Å². The number of rotatable bonds is 7. The molecule has 0 radical (unpaired) electrons. The predicted molar refractivity (Wildman–Crippen MR) is 123 cm³/mol. The molecule has 10 heteroatoms. The molecule has 0 saturated heterocycles. The Labute approximate surface area is 185 Å². The molecule has 0 aliphatic carbocycles. The number of ether oxygens (including phenoxy) is 1. The lowest BCUT2D eigenvalue weighted by atomic mass is 10.1. The van der Waals surface area contributed by atoms with Crippen LogP contribution in [0, 0.1) is 13.8 Å². The van der Waals surface area contributed by atoms with E-state index in [4.69, 9.17) is 4.74 Å². The van der Waals surface area contributed by atoms with Gasteiger partial charge in [0.1, 0.15) is 16.8 Å². The van der Waals surface area contributed by atoms with Gasteiger partial charge in [-0.15, -0.1) is 10.2 Å². The maximum absolute atomic E-state index is 12.9. The fourth-order valence-electron chi connectivity index (χ4n) is 3.22. The minimum absolute atomic E-state index is 0.288. The highest BCUT2D eigenvalue weighted by Gasteiger charge is 2.30. The number of aromatic nitrogens is 2. The number of carbonyl (C=O) groups excluding carboxylic acids is 1. The van der Waals surface area contributed by atoms with Gasteiger partial charge in [-0.3, -0.25) is 14.4 Å². The topological polar surface area (TPSA) is 101 Å². The number of carbonyl (C=O) groups is 1. The maximum atomic E-state index is 12.9. The summed E-state index contributed by atoms with van der Waals surface area (Å²) in [5.74, 6) is 0.227. The second-order valence-electron chi connectivity index (χ2n) is 7.21. The van der Waals surface area contributed by atoms with Crippen molar-refractivity contribution in [2.45, 2.75) is 26.8 Å². The third kappa shape index (κ3) is 5.39. The Morgan fingerprint density at radius 3 is 2.26 bits per heavy atom. The minimum atomic E-state index is -3.70. The predicted octanol–water partition coefficient (Wildman–Crippen LogP) is 3.62. The monoisotopic (exact) mass is 460 g/mol. The minimum Gasteiger partial charge on any atom is -0.497 e. The van der Waals surface area contributed by atoms with E-state index >= 15 is 0 Å². The summed E-state index contributed by atoms with van der Waals surface area (Å²) in [6, 6.07) is 11.8. The molecule has 1 heterocycles. The summed E-state index contributed by atoms with van der Waals surface area (Å²) in [5, 5.41) is 11.7.